The molecule has 1 aliphatic heterocycles. The Morgan fingerprint density at radius 2 is 2.22 bits per heavy atom. The van der Waals surface area contributed by atoms with Crippen molar-refractivity contribution in [3.05, 3.63) is 40.3 Å². The Morgan fingerprint density at radius 1 is 1.39 bits per heavy atom. The van der Waals surface area contributed by atoms with E-state index in [1.807, 2.05) is 25.1 Å². The Hall–Kier alpha value is -2.41. The first-order valence-electron chi connectivity index (χ1n) is 7.49. The van der Waals surface area contributed by atoms with Gasteiger partial charge >= 0.3 is 6.03 Å². The summed E-state index contributed by atoms with van der Waals surface area (Å²) in [4.78, 5) is 30.9. The van der Waals surface area contributed by atoms with E-state index in [-0.39, 0.29) is 11.9 Å². The summed E-state index contributed by atoms with van der Waals surface area (Å²) < 4.78 is 0. The van der Waals surface area contributed by atoms with Gasteiger partial charge in [0.2, 0.25) is 5.91 Å². The molecule has 23 heavy (non-hydrogen) atoms. The zero-order valence-corrected chi connectivity index (χ0v) is 13.7. The predicted molar refractivity (Wildman–Crippen MR) is 90.7 cm³/mol. The maximum atomic E-state index is 12.1. The number of nitrogens with one attached hydrogen (secondary N) is 2. The van der Waals surface area contributed by atoms with E-state index in [1.165, 1.54) is 0 Å². The van der Waals surface area contributed by atoms with E-state index in [2.05, 4.69) is 15.6 Å². The molecule has 2 aromatic rings. The van der Waals surface area contributed by atoms with Crippen molar-refractivity contribution >= 4 is 34.6 Å². The molecular formula is C16H18N4O2S. The molecular weight excluding hydrogens is 312 g/mol. The number of anilines is 2. The van der Waals surface area contributed by atoms with Gasteiger partial charge in [-0.05, 0) is 25.5 Å². The van der Waals surface area contributed by atoms with Crippen molar-refractivity contribution < 1.29 is 9.59 Å². The summed E-state index contributed by atoms with van der Waals surface area (Å²) in [5.74, 6) is 0.0970. The second kappa shape index (κ2) is 6.78. The molecule has 2 N–H and O–H groups in total. The molecule has 7 heteroatoms. The topological polar surface area (TPSA) is 74.3 Å². The summed E-state index contributed by atoms with van der Waals surface area (Å²) in [5, 5.41) is 6.60. The number of amides is 3. The van der Waals surface area contributed by atoms with Crippen LogP contribution in [-0.4, -0.2) is 23.5 Å². The van der Waals surface area contributed by atoms with Crippen molar-refractivity contribution in [2.45, 2.75) is 26.3 Å². The summed E-state index contributed by atoms with van der Waals surface area (Å²) in [6.45, 7) is 3.05. The van der Waals surface area contributed by atoms with E-state index in [9.17, 15) is 9.59 Å². The molecule has 0 bridgehead atoms. The fourth-order valence-corrected chi connectivity index (χ4v) is 3.27. The molecule has 1 saturated heterocycles. The Balaban J connectivity index is 1.65. The number of benzene rings is 1. The third kappa shape index (κ3) is 3.68. The lowest BCUT2D eigenvalue weighted by molar-refractivity contribution is -0.117. The summed E-state index contributed by atoms with van der Waals surface area (Å²) >= 11 is 1.55. The van der Waals surface area contributed by atoms with Crippen LogP contribution in [0.25, 0.3) is 0 Å². The lowest BCUT2D eigenvalue weighted by atomic mass is 10.2. The Kier molecular flexibility index (Phi) is 4.57. The van der Waals surface area contributed by atoms with Gasteiger partial charge in [-0.2, -0.15) is 0 Å². The lowest BCUT2D eigenvalue weighted by Crippen LogP contribution is -2.30. The molecule has 0 atom stereocenters. The molecule has 0 spiro atoms. The SMILES string of the molecule is Cc1ncc(CNC(=O)Nc2ccccc2N2CCCC2=O)s1. The summed E-state index contributed by atoms with van der Waals surface area (Å²) in [5.41, 5.74) is 1.39. The third-order valence-corrected chi connectivity index (χ3v) is 4.52. The van der Waals surface area contributed by atoms with Gasteiger partial charge in [0.15, 0.2) is 0 Å². The van der Waals surface area contributed by atoms with Gasteiger partial charge < -0.3 is 15.5 Å². The Bertz CT molecular complexity index is 728. The standard InChI is InChI=1S/C16H18N4O2S/c1-11-17-9-12(23-11)10-18-16(22)19-13-5-2-3-6-14(13)20-8-4-7-15(20)21/h2-3,5-6,9H,4,7-8,10H2,1H3,(H2,18,19,22). The van der Waals surface area contributed by atoms with Crippen LogP contribution in [0.3, 0.4) is 0 Å². The molecule has 0 radical (unpaired) electrons. The molecule has 6 nitrogen and oxygen atoms in total. The van der Waals surface area contributed by atoms with Gasteiger partial charge in [0.05, 0.1) is 22.9 Å². The van der Waals surface area contributed by atoms with Crippen LogP contribution in [0.4, 0.5) is 16.2 Å². The number of rotatable bonds is 4. The van der Waals surface area contributed by atoms with Gasteiger partial charge in [0.1, 0.15) is 0 Å². The molecule has 0 saturated carbocycles. The number of carbonyl (C=O) groups is 2. The second-order valence-corrected chi connectivity index (χ2v) is 6.64. The summed E-state index contributed by atoms with van der Waals surface area (Å²) in [6.07, 6.45) is 3.17. The minimum Gasteiger partial charge on any atom is -0.333 e. The number of aromatic nitrogens is 1. The van der Waals surface area contributed by atoms with Crippen molar-refractivity contribution in [2.24, 2.45) is 0 Å². The number of thiazole rings is 1. The number of hydrogen-bond acceptors (Lipinski definition) is 4. The molecule has 120 valence electrons. The van der Waals surface area contributed by atoms with Crippen LogP contribution in [0.15, 0.2) is 30.5 Å². The summed E-state index contributed by atoms with van der Waals surface area (Å²) in [6, 6.07) is 7.06. The molecule has 1 fully saturated rings. The van der Waals surface area contributed by atoms with Crippen molar-refractivity contribution in [2.75, 3.05) is 16.8 Å². The first-order chi connectivity index (χ1) is 11.1. The van der Waals surface area contributed by atoms with Gasteiger partial charge in [-0.25, -0.2) is 9.78 Å². The van der Waals surface area contributed by atoms with Gasteiger partial charge in [0, 0.05) is 24.0 Å². The van der Waals surface area contributed by atoms with E-state index in [0.29, 0.717) is 25.2 Å². The maximum absolute atomic E-state index is 12.1. The van der Waals surface area contributed by atoms with E-state index in [0.717, 1.165) is 22.0 Å². The molecule has 1 aromatic heterocycles. The zero-order valence-electron chi connectivity index (χ0n) is 12.8. The third-order valence-electron chi connectivity index (χ3n) is 3.61. The average Bonchev–Trinajstić information content (AvgIpc) is 3.14. The largest absolute Gasteiger partial charge is 0.333 e. The molecule has 3 amide bonds. The molecule has 1 aromatic carbocycles. The van der Waals surface area contributed by atoms with Crippen LogP contribution in [0.2, 0.25) is 0 Å². The van der Waals surface area contributed by atoms with Crippen LogP contribution >= 0.6 is 11.3 Å². The zero-order chi connectivity index (χ0) is 16.2. The average molecular weight is 330 g/mol. The van der Waals surface area contributed by atoms with E-state index < -0.39 is 0 Å². The van der Waals surface area contributed by atoms with Crippen LogP contribution in [0, 0.1) is 6.92 Å². The second-order valence-electron chi connectivity index (χ2n) is 5.32. The summed E-state index contributed by atoms with van der Waals surface area (Å²) in [7, 11) is 0. The number of urea groups is 1. The fraction of sp³-hybridized carbons (Fsp3) is 0.312. The maximum Gasteiger partial charge on any atom is 0.319 e. The number of carbonyl (C=O) groups excluding carboxylic acids is 2. The predicted octanol–water partition coefficient (Wildman–Crippen LogP) is 2.90. The number of para-hydroxylation sites is 2. The fourth-order valence-electron chi connectivity index (χ4n) is 2.54. The van der Waals surface area contributed by atoms with Gasteiger partial charge in [-0.15, -0.1) is 11.3 Å². The molecule has 0 aliphatic carbocycles. The van der Waals surface area contributed by atoms with E-state index in [4.69, 9.17) is 0 Å². The van der Waals surface area contributed by atoms with Crippen LogP contribution in [0.5, 0.6) is 0 Å². The monoisotopic (exact) mass is 330 g/mol. The first kappa shape index (κ1) is 15.5. The van der Waals surface area contributed by atoms with E-state index in [1.54, 1.807) is 28.5 Å². The molecule has 2 heterocycles. The van der Waals surface area contributed by atoms with Gasteiger partial charge in [-0.1, -0.05) is 12.1 Å². The van der Waals surface area contributed by atoms with Crippen molar-refractivity contribution in [3.8, 4) is 0 Å². The Labute approximate surface area is 138 Å². The van der Waals surface area contributed by atoms with Crippen molar-refractivity contribution in [1.29, 1.82) is 0 Å². The highest BCUT2D eigenvalue weighted by Gasteiger charge is 2.24. The van der Waals surface area contributed by atoms with Crippen molar-refractivity contribution in [3.63, 3.8) is 0 Å². The number of nitrogens with zero attached hydrogens (tertiary/aromatic N) is 2. The van der Waals surface area contributed by atoms with Gasteiger partial charge in [0.25, 0.3) is 0 Å². The van der Waals surface area contributed by atoms with Gasteiger partial charge in [-0.3, -0.25) is 4.79 Å². The molecule has 1 aliphatic rings. The Morgan fingerprint density at radius 3 is 2.91 bits per heavy atom. The first-order valence-corrected chi connectivity index (χ1v) is 8.30. The van der Waals surface area contributed by atoms with Crippen LogP contribution in [-0.2, 0) is 11.3 Å². The van der Waals surface area contributed by atoms with Crippen molar-refractivity contribution in [1.82, 2.24) is 10.3 Å². The quantitative estimate of drug-likeness (QED) is 0.905. The highest BCUT2D eigenvalue weighted by Crippen LogP contribution is 2.29. The lowest BCUT2D eigenvalue weighted by Gasteiger charge is -2.20. The van der Waals surface area contributed by atoms with E-state index >= 15 is 0 Å². The molecule has 3 rings (SSSR count). The van der Waals surface area contributed by atoms with Crippen LogP contribution in [0.1, 0.15) is 22.7 Å². The highest BCUT2D eigenvalue weighted by atomic mass is 32.1. The van der Waals surface area contributed by atoms with Crippen LogP contribution < -0.4 is 15.5 Å². The normalized spacial score (nSPS) is 14.1. The minimum absolute atomic E-state index is 0.0970. The highest BCUT2D eigenvalue weighted by molar-refractivity contribution is 7.11. The number of hydrogen-bond donors (Lipinski definition) is 2. The smallest absolute Gasteiger partial charge is 0.319 e. The number of aryl methyl sites for hydroxylation is 1. The molecule has 0 unspecified atom stereocenters. The minimum atomic E-state index is -0.296.